The van der Waals surface area contributed by atoms with E-state index in [2.05, 4.69) is 30.5 Å². The van der Waals surface area contributed by atoms with Gasteiger partial charge >= 0.3 is 0 Å². The normalized spacial score (nSPS) is 12.8. The zero-order valence-corrected chi connectivity index (χ0v) is 19.4. The largest absolute Gasteiger partial charge is 0.497 e. The lowest BCUT2D eigenvalue weighted by Crippen LogP contribution is -2.37. The van der Waals surface area contributed by atoms with Gasteiger partial charge in [0, 0.05) is 24.5 Å². The monoisotopic (exact) mass is 480 g/mol. The minimum Gasteiger partial charge on any atom is -0.497 e. The van der Waals surface area contributed by atoms with Crippen molar-refractivity contribution in [1.82, 2.24) is 15.0 Å². The summed E-state index contributed by atoms with van der Waals surface area (Å²) in [5.41, 5.74) is 1.70. The summed E-state index contributed by atoms with van der Waals surface area (Å²) in [7, 11) is 3.28. The van der Waals surface area contributed by atoms with Gasteiger partial charge in [0.2, 0.25) is 17.8 Å². The Hall–Kier alpha value is -3.01. The van der Waals surface area contributed by atoms with Crippen molar-refractivity contribution in [2.24, 2.45) is 0 Å². The molecule has 1 aliphatic heterocycles. The van der Waals surface area contributed by atoms with Gasteiger partial charge in [-0.3, -0.25) is 0 Å². The second-order valence-electron chi connectivity index (χ2n) is 6.59. The first-order valence-corrected chi connectivity index (χ1v) is 9.64. The zero-order chi connectivity index (χ0) is 20.8. The lowest BCUT2D eigenvalue weighted by atomic mass is 10.3. The second-order valence-corrected chi connectivity index (χ2v) is 6.59. The molecule has 3 aromatic rings. The van der Waals surface area contributed by atoms with Crippen molar-refractivity contribution in [2.45, 2.75) is 0 Å². The molecule has 0 spiro atoms. The molecule has 9 nitrogen and oxygen atoms in total. The number of aromatic nitrogens is 3. The fraction of sp³-hybridized carbons (Fsp3) is 0.286. The Balaban J connectivity index is 0.00000181. The molecule has 2 N–H and O–H groups in total. The summed E-state index contributed by atoms with van der Waals surface area (Å²) in [5, 5.41) is 6.49. The summed E-state index contributed by atoms with van der Waals surface area (Å²) in [6, 6.07) is 15.2. The smallest absolute Gasteiger partial charge is 0.233 e. The highest BCUT2D eigenvalue weighted by Gasteiger charge is 2.17. The summed E-state index contributed by atoms with van der Waals surface area (Å²) in [6.45, 7) is 2.75. The topological polar surface area (TPSA) is 93.7 Å². The van der Waals surface area contributed by atoms with E-state index in [1.54, 1.807) is 14.2 Å². The van der Waals surface area contributed by atoms with E-state index in [1.807, 2.05) is 48.5 Å². The van der Waals surface area contributed by atoms with Crippen LogP contribution in [-0.2, 0) is 4.74 Å². The molecule has 0 bridgehead atoms. The molecule has 172 valence electrons. The summed E-state index contributed by atoms with van der Waals surface area (Å²) < 4.78 is 15.9. The van der Waals surface area contributed by atoms with Crippen LogP contribution in [0, 0.1) is 0 Å². The van der Waals surface area contributed by atoms with Gasteiger partial charge in [-0.2, -0.15) is 15.0 Å². The Bertz CT molecular complexity index is 903. The van der Waals surface area contributed by atoms with Crippen molar-refractivity contribution in [3.05, 3.63) is 48.5 Å². The molecule has 0 amide bonds. The molecule has 1 saturated heterocycles. The molecular formula is C21H26Cl2N6O3. The maximum absolute atomic E-state index is 5.45. The maximum Gasteiger partial charge on any atom is 0.233 e. The molecule has 0 radical (unpaired) electrons. The number of methoxy groups -OCH3 is 2. The predicted octanol–water partition coefficient (Wildman–Crippen LogP) is 4.06. The molecule has 1 aliphatic rings. The van der Waals surface area contributed by atoms with Crippen LogP contribution in [0.5, 0.6) is 11.5 Å². The molecular weight excluding hydrogens is 455 g/mol. The lowest BCUT2D eigenvalue weighted by Gasteiger charge is -2.27. The van der Waals surface area contributed by atoms with E-state index in [0.29, 0.717) is 31.1 Å². The third-order valence-corrected chi connectivity index (χ3v) is 4.61. The fourth-order valence-corrected chi connectivity index (χ4v) is 2.99. The quantitative estimate of drug-likeness (QED) is 0.518. The molecule has 0 saturated carbocycles. The van der Waals surface area contributed by atoms with Crippen LogP contribution in [0.1, 0.15) is 0 Å². The fourth-order valence-electron chi connectivity index (χ4n) is 2.99. The SMILES string of the molecule is COc1ccc(Nc2nc(Nc3ccc(OC)cc3)nc(N3CCOCC3)n2)cc1.Cl.Cl. The molecule has 0 aliphatic carbocycles. The summed E-state index contributed by atoms with van der Waals surface area (Å²) >= 11 is 0. The van der Waals surface area contributed by atoms with Gasteiger partial charge in [-0.1, -0.05) is 0 Å². The molecule has 0 unspecified atom stereocenters. The number of nitrogens with zero attached hydrogens (tertiary/aromatic N) is 4. The van der Waals surface area contributed by atoms with E-state index < -0.39 is 0 Å². The number of hydrogen-bond donors (Lipinski definition) is 2. The van der Waals surface area contributed by atoms with Gasteiger partial charge in [0.25, 0.3) is 0 Å². The van der Waals surface area contributed by atoms with Crippen molar-refractivity contribution < 1.29 is 14.2 Å². The van der Waals surface area contributed by atoms with Gasteiger partial charge in [-0.25, -0.2) is 0 Å². The van der Waals surface area contributed by atoms with Gasteiger partial charge in [0.05, 0.1) is 27.4 Å². The first-order chi connectivity index (χ1) is 14.7. The summed E-state index contributed by atoms with van der Waals surface area (Å²) in [4.78, 5) is 15.8. The van der Waals surface area contributed by atoms with E-state index in [-0.39, 0.29) is 24.8 Å². The minimum absolute atomic E-state index is 0. The first kappa shape index (κ1) is 25.3. The third-order valence-electron chi connectivity index (χ3n) is 4.61. The standard InChI is InChI=1S/C21H24N6O3.2ClH/c1-28-17-7-3-15(4-8-17)22-19-24-20(23-16-5-9-18(29-2)10-6-16)26-21(25-19)27-11-13-30-14-12-27;;/h3-10H,11-14H2,1-2H3,(H2,22,23,24,25,26);2*1H. The van der Waals surface area contributed by atoms with E-state index in [9.17, 15) is 0 Å². The number of nitrogens with one attached hydrogen (secondary N) is 2. The maximum atomic E-state index is 5.45. The van der Waals surface area contributed by atoms with Crippen LogP contribution in [0.4, 0.5) is 29.2 Å². The number of halogens is 2. The highest BCUT2D eigenvalue weighted by Crippen LogP contribution is 2.23. The van der Waals surface area contributed by atoms with Crippen LogP contribution in [0.15, 0.2) is 48.5 Å². The minimum atomic E-state index is 0. The molecule has 2 heterocycles. The number of morpholine rings is 1. The van der Waals surface area contributed by atoms with E-state index >= 15 is 0 Å². The molecule has 1 aromatic heterocycles. The van der Waals surface area contributed by atoms with Crippen molar-refractivity contribution in [2.75, 3.05) is 56.1 Å². The Morgan fingerprint density at radius 1 is 0.719 bits per heavy atom. The summed E-state index contributed by atoms with van der Waals surface area (Å²) in [6.07, 6.45) is 0. The van der Waals surface area contributed by atoms with Crippen LogP contribution in [0.3, 0.4) is 0 Å². The molecule has 0 atom stereocenters. The summed E-state index contributed by atoms with van der Waals surface area (Å²) in [5.74, 6) is 3.07. The predicted molar refractivity (Wildman–Crippen MR) is 130 cm³/mol. The van der Waals surface area contributed by atoms with Crippen LogP contribution in [-0.4, -0.2) is 55.5 Å². The Morgan fingerprint density at radius 2 is 1.16 bits per heavy atom. The zero-order valence-electron chi connectivity index (χ0n) is 17.8. The Labute approximate surface area is 199 Å². The average molecular weight is 481 g/mol. The molecule has 4 rings (SSSR count). The van der Waals surface area contributed by atoms with Crippen LogP contribution >= 0.6 is 24.8 Å². The molecule has 32 heavy (non-hydrogen) atoms. The Morgan fingerprint density at radius 3 is 1.56 bits per heavy atom. The van der Waals surface area contributed by atoms with Gasteiger partial charge in [0.15, 0.2) is 0 Å². The Kier molecular flexibility index (Phi) is 9.58. The van der Waals surface area contributed by atoms with Crippen molar-refractivity contribution in [3.63, 3.8) is 0 Å². The van der Waals surface area contributed by atoms with Crippen molar-refractivity contribution in [1.29, 1.82) is 0 Å². The number of benzene rings is 2. The average Bonchev–Trinajstić information content (AvgIpc) is 2.80. The number of anilines is 5. The molecule has 2 aromatic carbocycles. The van der Waals surface area contributed by atoms with E-state index in [4.69, 9.17) is 14.2 Å². The first-order valence-electron chi connectivity index (χ1n) is 9.64. The highest BCUT2D eigenvalue weighted by atomic mass is 35.5. The number of ether oxygens (including phenoxy) is 3. The third kappa shape index (κ3) is 6.49. The van der Waals surface area contributed by atoms with E-state index in [0.717, 1.165) is 36.0 Å². The van der Waals surface area contributed by atoms with Gasteiger partial charge in [-0.15, -0.1) is 24.8 Å². The molecule has 11 heteroatoms. The van der Waals surface area contributed by atoms with Crippen LogP contribution in [0.2, 0.25) is 0 Å². The number of rotatable bonds is 7. The van der Waals surface area contributed by atoms with Gasteiger partial charge in [-0.05, 0) is 48.5 Å². The highest BCUT2D eigenvalue weighted by molar-refractivity contribution is 5.85. The van der Waals surface area contributed by atoms with Crippen molar-refractivity contribution >= 4 is 54.0 Å². The van der Waals surface area contributed by atoms with Crippen molar-refractivity contribution in [3.8, 4) is 11.5 Å². The lowest BCUT2D eigenvalue weighted by molar-refractivity contribution is 0.122. The van der Waals surface area contributed by atoms with Crippen LogP contribution in [0.25, 0.3) is 0 Å². The number of hydrogen-bond acceptors (Lipinski definition) is 9. The van der Waals surface area contributed by atoms with Gasteiger partial charge in [0.1, 0.15) is 11.5 Å². The van der Waals surface area contributed by atoms with Crippen LogP contribution < -0.4 is 25.0 Å². The molecule has 1 fully saturated rings. The second kappa shape index (κ2) is 12.1. The van der Waals surface area contributed by atoms with Gasteiger partial charge < -0.3 is 29.7 Å². The van der Waals surface area contributed by atoms with E-state index in [1.165, 1.54) is 0 Å².